The molecule has 1 N–H and O–H groups in total. The first-order valence-corrected chi connectivity index (χ1v) is 10.6. The molecule has 0 aliphatic carbocycles. The maximum Gasteiger partial charge on any atom is 0.336 e. The second-order valence-corrected chi connectivity index (χ2v) is 8.55. The number of hydrogen-bond donors (Lipinski definition) is 1. The van der Waals surface area contributed by atoms with Gasteiger partial charge in [-0.25, -0.2) is 22.3 Å². The minimum atomic E-state index is -3.86. The molecule has 0 fully saturated rings. The molecule has 3 aromatic rings. The second kappa shape index (κ2) is 8.76. The molecular weight excluding hydrogens is 413 g/mol. The number of fused-ring (bicyclic) bond motifs is 1. The van der Waals surface area contributed by atoms with E-state index in [4.69, 9.17) is 9.15 Å². The van der Waals surface area contributed by atoms with E-state index in [0.29, 0.717) is 16.5 Å². The first-order valence-electron chi connectivity index (χ1n) is 9.10. The molecular formula is C21H20FNO6S. The quantitative estimate of drug-likeness (QED) is 0.454. The summed E-state index contributed by atoms with van der Waals surface area (Å²) in [5, 5.41) is 0.669. The van der Waals surface area contributed by atoms with Crippen molar-refractivity contribution in [3.63, 3.8) is 0 Å². The van der Waals surface area contributed by atoms with E-state index < -0.39 is 27.4 Å². The number of nitrogens with one attached hydrogen (secondary N) is 1. The van der Waals surface area contributed by atoms with Crippen LogP contribution in [0.1, 0.15) is 23.1 Å². The molecule has 1 heterocycles. The SMILES string of the molecule is Cc1cc2oc(=O)cc(COC(=O)CCNS(=O)(=O)c3ccc(F)cc3)c2cc1C. The smallest absolute Gasteiger partial charge is 0.336 e. The third-order valence-electron chi connectivity index (χ3n) is 4.58. The number of esters is 1. The van der Waals surface area contributed by atoms with Gasteiger partial charge in [-0.15, -0.1) is 0 Å². The van der Waals surface area contributed by atoms with Crippen LogP contribution in [-0.4, -0.2) is 20.9 Å². The van der Waals surface area contributed by atoms with Gasteiger partial charge in [0.25, 0.3) is 0 Å². The van der Waals surface area contributed by atoms with Crippen molar-refractivity contribution in [3.8, 4) is 0 Å². The lowest BCUT2D eigenvalue weighted by atomic mass is 10.0. The number of aryl methyl sites for hydroxylation is 2. The third kappa shape index (κ3) is 5.11. The molecule has 0 atom stereocenters. The van der Waals surface area contributed by atoms with E-state index in [9.17, 15) is 22.4 Å². The Morgan fingerprint density at radius 2 is 1.77 bits per heavy atom. The van der Waals surface area contributed by atoms with Crippen LogP contribution < -0.4 is 10.3 Å². The fourth-order valence-corrected chi connectivity index (χ4v) is 3.85. The van der Waals surface area contributed by atoms with Crippen LogP contribution >= 0.6 is 0 Å². The number of rotatable bonds is 7. The number of halogens is 1. The van der Waals surface area contributed by atoms with Crippen molar-refractivity contribution in [3.05, 3.63) is 75.4 Å². The lowest BCUT2D eigenvalue weighted by Crippen LogP contribution is -2.26. The summed E-state index contributed by atoms with van der Waals surface area (Å²) in [6.45, 7) is 3.49. The highest BCUT2D eigenvalue weighted by Crippen LogP contribution is 2.22. The van der Waals surface area contributed by atoms with Gasteiger partial charge in [-0.05, 0) is 61.4 Å². The van der Waals surface area contributed by atoms with Gasteiger partial charge in [0.2, 0.25) is 10.0 Å². The average Bonchev–Trinajstić information content (AvgIpc) is 2.67. The summed E-state index contributed by atoms with van der Waals surface area (Å²) in [6, 6.07) is 9.20. The summed E-state index contributed by atoms with van der Waals surface area (Å²) in [4.78, 5) is 23.7. The fraction of sp³-hybridized carbons (Fsp3) is 0.238. The molecule has 7 nitrogen and oxygen atoms in total. The van der Waals surface area contributed by atoms with Gasteiger partial charge in [-0.2, -0.15) is 0 Å². The highest BCUT2D eigenvalue weighted by molar-refractivity contribution is 7.89. The normalized spacial score (nSPS) is 11.6. The number of ether oxygens (including phenoxy) is 1. The molecule has 3 rings (SSSR count). The van der Waals surface area contributed by atoms with E-state index in [1.807, 2.05) is 19.9 Å². The van der Waals surface area contributed by atoms with Crippen LogP contribution in [0.25, 0.3) is 11.0 Å². The zero-order valence-corrected chi connectivity index (χ0v) is 17.2. The lowest BCUT2D eigenvalue weighted by molar-refractivity contribution is -0.144. The summed E-state index contributed by atoms with van der Waals surface area (Å²) in [6.07, 6.45) is -0.210. The molecule has 0 amide bonds. The predicted octanol–water partition coefficient (Wildman–Crippen LogP) is 2.96. The average molecular weight is 433 g/mol. The minimum Gasteiger partial charge on any atom is -0.461 e. The summed E-state index contributed by atoms with van der Waals surface area (Å²) >= 11 is 0. The molecule has 2 aromatic carbocycles. The van der Waals surface area contributed by atoms with Crippen LogP contribution in [-0.2, 0) is 26.2 Å². The molecule has 0 bridgehead atoms. The largest absolute Gasteiger partial charge is 0.461 e. The van der Waals surface area contributed by atoms with Crippen LogP contribution in [0.15, 0.2) is 56.6 Å². The predicted molar refractivity (Wildman–Crippen MR) is 108 cm³/mol. The van der Waals surface area contributed by atoms with Crippen molar-refractivity contribution in [1.29, 1.82) is 0 Å². The van der Waals surface area contributed by atoms with E-state index in [1.165, 1.54) is 6.07 Å². The molecule has 1 aromatic heterocycles. The fourth-order valence-electron chi connectivity index (χ4n) is 2.82. The molecule has 0 saturated heterocycles. The molecule has 9 heteroatoms. The van der Waals surface area contributed by atoms with Crippen molar-refractivity contribution in [1.82, 2.24) is 4.72 Å². The van der Waals surface area contributed by atoms with Gasteiger partial charge in [0.1, 0.15) is 18.0 Å². The number of hydrogen-bond acceptors (Lipinski definition) is 6. The van der Waals surface area contributed by atoms with Crippen LogP contribution in [0.2, 0.25) is 0 Å². The van der Waals surface area contributed by atoms with Crippen LogP contribution in [0.4, 0.5) is 4.39 Å². The Morgan fingerprint density at radius 3 is 2.47 bits per heavy atom. The Labute approximate surface area is 172 Å². The van der Waals surface area contributed by atoms with E-state index in [-0.39, 0.29) is 24.5 Å². The number of carbonyl (C=O) groups excluding carboxylic acids is 1. The maximum atomic E-state index is 12.9. The minimum absolute atomic E-state index is 0.106. The van der Waals surface area contributed by atoms with Gasteiger partial charge in [-0.1, -0.05) is 0 Å². The lowest BCUT2D eigenvalue weighted by Gasteiger charge is -2.10. The molecule has 0 saturated carbocycles. The van der Waals surface area contributed by atoms with Crippen molar-refractivity contribution in [2.75, 3.05) is 6.54 Å². The Kier molecular flexibility index (Phi) is 6.33. The first-order chi connectivity index (χ1) is 14.2. The first kappa shape index (κ1) is 21.7. The van der Waals surface area contributed by atoms with Crippen molar-refractivity contribution >= 4 is 27.0 Å². The van der Waals surface area contributed by atoms with E-state index in [0.717, 1.165) is 35.4 Å². The third-order valence-corrected chi connectivity index (χ3v) is 6.06. The van der Waals surface area contributed by atoms with Gasteiger partial charge in [-0.3, -0.25) is 4.79 Å². The van der Waals surface area contributed by atoms with E-state index in [2.05, 4.69) is 4.72 Å². The van der Waals surface area contributed by atoms with E-state index >= 15 is 0 Å². The van der Waals surface area contributed by atoms with Gasteiger partial charge in [0, 0.05) is 23.6 Å². The monoisotopic (exact) mass is 433 g/mol. The van der Waals surface area contributed by atoms with Crippen LogP contribution in [0.5, 0.6) is 0 Å². The Hall–Kier alpha value is -3.04. The van der Waals surface area contributed by atoms with Crippen molar-refractivity contribution in [2.24, 2.45) is 0 Å². The van der Waals surface area contributed by atoms with Crippen molar-refractivity contribution in [2.45, 2.75) is 31.8 Å². The topological polar surface area (TPSA) is 103 Å². The molecule has 0 unspecified atom stereocenters. The summed E-state index contributed by atoms with van der Waals surface area (Å²) < 4.78 is 49.8. The second-order valence-electron chi connectivity index (χ2n) is 6.79. The van der Waals surface area contributed by atoms with Gasteiger partial charge >= 0.3 is 11.6 Å². The zero-order valence-electron chi connectivity index (χ0n) is 16.4. The highest BCUT2D eigenvalue weighted by Gasteiger charge is 2.15. The van der Waals surface area contributed by atoms with Gasteiger partial charge in [0.05, 0.1) is 11.3 Å². The number of carbonyl (C=O) groups is 1. The molecule has 0 aliphatic heterocycles. The zero-order chi connectivity index (χ0) is 21.9. The summed E-state index contributed by atoms with van der Waals surface area (Å²) in [5.41, 5.74) is 2.32. The molecule has 0 spiro atoms. The van der Waals surface area contributed by atoms with Crippen molar-refractivity contribution < 1.29 is 26.8 Å². The van der Waals surface area contributed by atoms with Gasteiger partial charge < -0.3 is 9.15 Å². The Morgan fingerprint density at radius 1 is 1.10 bits per heavy atom. The summed E-state index contributed by atoms with van der Waals surface area (Å²) in [5.74, 6) is -1.19. The van der Waals surface area contributed by atoms with Crippen LogP contribution in [0, 0.1) is 19.7 Å². The highest BCUT2D eigenvalue weighted by atomic mass is 32.2. The van der Waals surface area contributed by atoms with Gasteiger partial charge in [0.15, 0.2) is 0 Å². The molecule has 30 heavy (non-hydrogen) atoms. The Balaban J connectivity index is 1.60. The number of sulfonamides is 1. The summed E-state index contributed by atoms with van der Waals surface area (Å²) in [7, 11) is -3.86. The van der Waals surface area contributed by atoms with E-state index in [1.54, 1.807) is 6.07 Å². The molecule has 0 aliphatic rings. The molecule has 0 radical (unpaired) electrons. The number of benzene rings is 2. The standard InChI is InChI=1S/C21H20FNO6S/c1-13-9-18-15(11-21(25)29-19(18)10-14(13)2)12-28-20(24)7-8-23-30(26,27)17-5-3-16(22)4-6-17/h3-6,9-11,23H,7-8,12H2,1-2H3. The molecule has 158 valence electrons. The van der Waals surface area contributed by atoms with Crippen LogP contribution in [0.3, 0.4) is 0 Å². The Bertz CT molecular complexity index is 1250. The maximum absolute atomic E-state index is 12.9.